The molecule has 5 nitrogen and oxygen atoms in total. The Labute approximate surface area is 148 Å². The molecule has 0 N–H and O–H groups in total. The van der Waals surface area contributed by atoms with E-state index >= 15 is 0 Å². The van der Waals surface area contributed by atoms with Crippen LogP contribution in [-0.2, 0) is 9.84 Å². The van der Waals surface area contributed by atoms with Crippen molar-refractivity contribution in [3.63, 3.8) is 0 Å². The SMILES string of the molecule is Cc1nnc(-c2ccc3scc(-c4ccc(S(C)(=O)=O)cc4)c3c2)o1. The quantitative estimate of drug-likeness (QED) is 0.537. The van der Waals surface area contributed by atoms with Crippen molar-refractivity contribution < 1.29 is 12.8 Å². The van der Waals surface area contributed by atoms with Gasteiger partial charge in [0, 0.05) is 34.4 Å². The molecule has 0 spiro atoms. The number of aromatic nitrogens is 2. The highest BCUT2D eigenvalue weighted by Crippen LogP contribution is 2.36. The van der Waals surface area contributed by atoms with E-state index in [2.05, 4.69) is 15.6 Å². The fourth-order valence-corrected chi connectivity index (χ4v) is 4.26. The molecular formula is C18H14N2O3S2. The number of fused-ring (bicyclic) bond motifs is 1. The third-order valence-electron chi connectivity index (χ3n) is 3.94. The zero-order valence-corrected chi connectivity index (χ0v) is 15.2. The van der Waals surface area contributed by atoms with E-state index in [1.54, 1.807) is 30.4 Å². The molecule has 0 radical (unpaired) electrons. The average Bonchev–Trinajstić information content (AvgIpc) is 3.19. The van der Waals surface area contributed by atoms with Gasteiger partial charge in [0.25, 0.3) is 0 Å². The van der Waals surface area contributed by atoms with Crippen LogP contribution < -0.4 is 0 Å². The lowest BCUT2D eigenvalue weighted by atomic mass is 10.0. The number of hydrogen-bond donors (Lipinski definition) is 0. The molecule has 2 heterocycles. The smallest absolute Gasteiger partial charge is 0.247 e. The molecule has 126 valence electrons. The molecule has 0 fully saturated rings. The monoisotopic (exact) mass is 370 g/mol. The van der Waals surface area contributed by atoms with Gasteiger partial charge in [-0.1, -0.05) is 12.1 Å². The lowest BCUT2D eigenvalue weighted by molar-refractivity contribution is 0.533. The number of benzene rings is 2. The molecule has 0 atom stereocenters. The molecule has 25 heavy (non-hydrogen) atoms. The maximum absolute atomic E-state index is 11.6. The van der Waals surface area contributed by atoms with Gasteiger partial charge < -0.3 is 4.42 Å². The van der Waals surface area contributed by atoms with Gasteiger partial charge in [-0.2, -0.15) is 0 Å². The molecule has 0 amide bonds. The highest BCUT2D eigenvalue weighted by Gasteiger charge is 2.12. The fourth-order valence-electron chi connectivity index (χ4n) is 2.68. The van der Waals surface area contributed by atoms with Crippen LogP contribution in [0.3, 0.4) is 0 Å². The van der Waals surface area contributed by atoms with E-state index in [1.165, 1.54) is 6.26 Å². The van der Waals surface area contributed by atoms with E-state index in [-0.39, 0.29) is 0 Å². The molecule has 0 aliphatic carbocycles. The molecule has 0 aliphatic heterocycles. The molecule has 7 heteroatoms. The summed E-state index contributed by atoms with van der Waals surface area (Å²) in [5.74, 6) is 1.01. The minimum absolute atomic E-state index is 0.317. The van der Waals surface area contributed by atoms with E-state index in [9.17, 15) is 8.42 Å². The largest absolute Gasteiger partial charge is 0.421 e. The molecule has 0 bridgehead atoms. The van der Waals surface area contributed by atoms with E-state index in [0.717, 1.165) is 26.8 Å². The van der Waals surface area contributed by atoms with Crippen molar-refractivity contribution >= 4 is 31.3 Å². The summed E-state index contributed by atoms with van der Waals surface area (Å²) in [6.45, 7) is 1.76. The van der Waals surface area contributed by atoms with Crippen LogP contribution in [0.4, 0.5) is 0 Å². The highest BCUT2D eigenvalue weighted by atomic mass is 32.2. The zero-order valence-electron chi connectivity index (χ0n) is 13.6. The standard InChI is InChI=1S/C18H14N2O3S2/c1-11-19-20-18(23-11)13-5-8-17-15(9-13)16(10-24-17)12-3-6-14(7-4-12)25(2,21)22/h3-10H,1-2H3. The minimum atomic E-state index is -3.20. The van der Waals surface area contributed by atoms with Crippen LogP contribution in [0.25, 0.3) is 32.7 Å². The molecule has 0 aliphatic rings. The van der Waals surface area contributed by atoms with Crippen LogP contribution in [0, 0.1) is 6.92 Å². The van der Waals surface area contributed by atoms with Gasteiger partial charge in [-0.05, 0) is 41.3 Å². The third-order valence-corrected chi connectivity index (χ3v) is 6.03. The second-order valence-electron chi connectivity index (χ2n) is 5.78. The summed E-state index contributed by atoms with van der Waals surface area (Å²) in [5, 5.41) is 11.1. The molecule has 2 aromatic carbocycles. The molecule has 4 rings (SSSR count). The first-order valence-corrected chi connectivity index (χ1v) is 10.3. The second kappa shape index (κ2) is 5.79. The maximum atomic E-state index is 11.6. The Bertz CT molecular complexity index is 1170. The van der Waals surface area contributed by atoms with E-state index in [4.69, 9.17) is 4.42 Å². The van der Waals surface area contributed by atoms with Crippen LogP contribution in [0.1, 0.15) is 5.89 Å². The van der Waals surface area contributed by atoms with Crippen LogP contribution >= 0.6 is 11.3 Å². The summed E-state index contributed by atoms with van der Waals surface area (Å²) in [4.78, 5) is 0.317. The summed E-state index contributed by atoms with van der Waals surface area (Å²) in [6.07, 6.45) is 1.21. The Morgan fingerprint density at radius 3 is 2.36 bits per heavy atom. The van der Waals surface area contributed by atoms with Gasteiger partial charge in [0.2, 0.25) is 11.8 Å². The first kappa shape index (κ1) is 16.0. The van der Waals surface area contributed by atoms with Gasteiger partial charge in [-0.15, -0.1) is 21.5 Å². The van der Waals surface area contributed by atoms with Crippen LogP contribution in [-0.4, -0.2) is 24.9 Å². The first-order valence-electron chi connectivity index (χ1n) is 7.54. The predicted octanol–water partition coefficient (Wildman–Crippen LogP) is 4.33. The van der Waals surface area contributed by atoms with Crippen LogP contribution in [0.2, 0.25) is 0 Å². The molecule has 0 saturated carbocycles. The Morgan fingerprint density at radius 2 is 1.72 bits per heavy atom. The van der Waals surface area contributed by atoms with Gasteiger partial charge in [0.1, 0.15) is 0 Å². The van der Waals surface area contributed by atoms with E-state index < -0.39 is 9.84 Å². The molecule has 0 unspecified atom stereocenters. The van der Waals surface area contributed by atoms with Gasteiger partial charge in [0.15, 0.2) is 9.84 Å². The number of rotatable bonds is 3. The normalized spacial score (nSPS) is 11.9. The second-order valence-corrected chi connectivity index (χ2v) is 8.71. The van der Waals surface area contributed by atoms with Gasteiger partial charge in [-0.3, -0.25) is 0 Å². The number of hydrogen-bond acceptors (Lipinski definition) is 6. The minimum Gasteiger partial charge on any atom is -0.421 e. The summed E-state index contributed by atoms with van der Waals surface area (Å²) in [7, 11) is -3.20. The Kier molecular flexibility index (Phi) is 3.70. The number of nitrogens with zero attached hydrogens (tertiary/aromatic N) is 2. The fraction of sp³-hybridized carbons (Fsp3) is 0.111. The average molecular weight is 370 g/mol. The Hall–Kier alpha value is -2.51. The first-order chi connectivity index (χ1) is 11.9. The van der Waals surface area contributed by atoms with Crippen molar-refractivity contribution in [2.45, 2.75) is 11.8 Å². The lowest BCUT2D eigenvalue weighted by Crippen LogP contribution is -1.96. The Balaban J connectivity index is 1.82. The summed E-state index contributed by atoms with van der Waals surface area (Å²) in [6, 6.07) is 13.0. The Morgan fingerprint density at radius 1 is 1.00 bits per heavy atom. The lowest BCUT2D eigenvalue weighted by Gasteiger charge is -2.03. The van der Waals surface area contributed by atoms with Crippen LogP contribution in [0.5, 0.6) is 0 Å². The van der Waals surface area contributed by atoms with E-state index in [1.807, 2.05) is 30.3 Å². The molecule has 2 aromatic heterocycles. The maximum Gasteiger partial charge on any atom is 0.247 e. The number of sulfone groups is 1. The van der Waals surface area contributed by atoms with Crippen molar-refractivity contribution in [1.82, 2.24) is 10.2 Å². The van der Waals surface area contributed by atoms with Gasteiger partial charge in [0.05, 0.1) is 4.90 Å². The molecule has 4 aromatic rings. The summed E-state index contributed by atoms with van der Waals surface area (Å²) in [5.41, 5.74) is 2.89. The summed E-state index contributed by atoms with van der Waals surface area (Å²) < 4.78 is 29.9. The van der Waals surface area contributed by atoms with Gasteiger partial charge in [-0.25, -0.2) is 8.42 Å². The highest BCUT2D eigenvalue weighted by molar-refractivity contribution is 7.90. The number of thiophene rings is 1. The predicted molar refractivity (Wildman–Crippen MR) is 98.4 cm³/mol. The topological polar surface area (TPSA) is 73.1 Å². The van der Waals surface area contributed by atoms with Crippen LogP contribution in [0.15, 0.2) is 57.2 Å². The zero-order chi connectivity index (χ0) is 17.6. The number of aryl methyl sites for hydroxylation is 1. The third kappa shape index (κ3) is 2.96. The molecular weight excluding hydrogens is 356 g/mol. The molecule has 0 saturated heterocycles. The van der Waals surface area contributed by atoms with E-state index in [0.29, 0.717) is 16.7 Å². The van der Waals surface area contributed by atoms with Crippen molar-refractivity contribution in [3.05, 3.63) is 53.7 Å². The van der Waals surface area contributed by atoms with Crippen molar-refractivity contribution in [2.75, 3.05) is 6.26 Å². The van der Waals surface area contributed by atoms with Crippen molar-refractivity contribution in [2.24, 2.45) is 0 Å². The van der Waals surface area contributed by atoms with Crippen molar-refractivity contribution in [3.8, 4) is 22.6 Å². The van der Waals surface area contributed by atoms with Gasteiger partial charge >= 0.3 is 0 Å². The summed E-state index contributed by atoms with van der Waals surface area (Å²) >= 11 is 1.64. The van der Waals surface area contributed by atoms with Crippen molar-refractivity contribution in [1.29, 1.82) is 0 Å².